The average Bonchev–Trinajstić information content (AvgIpc) is 2.87. The van der Waals surface area contributed by atoms with E-state index in [1.54, 1.807) is 60.7 Å². The molecule has 2 N–H and O–H groups in total. The van der Waals surface area contributed by atoms with Crippen molar-refractivity contribution >= 4 is 32.6 Å². The summed E-state index contributed by atoms with van der Waals surface area (Å²) in [7, 11) is -1.01. The highest BCUT2D eigenvalue weighted by Crippen LogP contribution is 2.25. The van der Waals surface area contributed by atoms with Crippen molar-refractivity contribution in [1.82, 2.24) is 4.83 Å². The Morgan fingerprint density at radius 2 is 1.69 bits per heavy atom. The van der Waals surface area contributed by atoms with E-state index in [-0.39, 0.29) is 16.0 Å². The van der Waals surface area contributed by atoms with Crippen LogP contribution in [0.15, 0.2) is 87.2 Å². The van der Waals surface area contributed by atoms with Gasteiger partial charge in [-0.3, -0.25) is 4.79 Å². The quantitative estimate of drug-likeness (QED) is 0.378. The number of carbonyl (C=O) groups excluding carboxylic acids is 1. The first kappa shape index (κ1) is 23.8. The van der Waals surface area contributed by atoms with Crippen LogP contribution in [-0.2, 0) is 10.0 Å². The second kappa shape index (κ2) is 9.90. The summed E-state index contributed by atoms with van der Waals surface area (Å²) in [5, 5.41) is 7.28. The van der Waals surface area contributed by atoms with Gasteiger partial charge in [0.05, 0.1) is 19.1 Å². The number of sulfonamides is 1. The van der Waals surface area contributed by atoms with Gasteiger partial charge in [0, 0.05) is 17.1 Å². The first-order chi connectivity index (χ1) is 16.8. The van der Waals surface area contributed by atoms with Gasteiger partial charge in [-0.2, -0.15) is 13.2 Å². The minimum atomic E-state index is -4.01. The van der Waals surface area contributed by atoms with E-state index < -0.39 is 15.9 Å². The molecular formula is C25H23N3O6S. The standard InChI is InChI=1S/C25H23N3O6S/c1-16-10-12-20(13-11-16)35(30,31)28-27-25-21(14-17-6-4-9-22(33-3)23(17)34-25)24(29)26-18-7-5-8-19(15-18)32-2/h4-15,28H,1-3H3,(H,26,29)/b27-25+. The Bertz CT molecular complexity index is 1560. The lowest BCUT2D eigenvalue weighted by Crippen LogP contribution is -2.27. The Balaban J connectivity index is 1.79. The van der Waals surface area contributed by atoms with Crippen LogP contribution in [0.3, 0.4) is 0 Å². The number of nitrogens with one attached hydrogen (secondary N) is 2. The van der Waals surface area contributed by atoms with Crippen LogP contribution in [0.25, 0.3) is 11.0 Å². The second-order valence-corrected chi connectivity index (χ2v) is 9.21. The maximum atomic E-state index is 13.2. The third-order valence-electron chi connectivity index (χ3n) is 5.13. The molecule has 180 valence electrons. The Morgan fingerprint density at radius 3 is 2.40 bits per heavy atom. The van der Waals surface area contributed by atoms with Gasteiger partial charge in [0.15, 0.2) is 11.3 Å². The third-order valence-corrected chi connectivity index (χ3v) is 6.35. The van der Waals surface area contributed by atoms with Crippen LogP contribution in [0.5, 0.6) is 11.5 Å². The van der Waals surface area contributed by atoms with Crippen molar-refractivity contribution in [2.75, 3.05) is 19.5 Å². The molecule has 0 saturated carbocycles. The molecule has 0 radical (unpaired) electrons. The van der Waals surface area contributed by atoms with Crippen molar-refractivity contribution in [2.45, 2.75) is 11.8 Å². The largest absolute Gasteiger partial charge is 0.497 e. The van der Waals surface area contributed by atoms with Gasteiger partial charge in [-0.1, -0.05) is 35.9 Å². The molecule has 0 unspecified atom stereocenters. The smallest absolute Gasteiger partial charge is 0.276 e. The van der Waals surface area contributed by atoms with Gasteiger partial charge in [-0.25, -0.2) is 0 Å². The Labute approximate surface area is 202 Å². The third kappa shape index (κ3) is 5.28. The Morgan fingerprint density at radius 1 is 0.943 bits per heavy atom. The molecule has 0 aliphatic heterocycles. The van der Waals surface area contributed by atoms with Crippen molar-refractivity contribution in [1.29, 1.82) is 0 Å². The maximum Gasteiger partial charge on any atom is 0.276 e. The number of anilines is 1. The Hall–Kier alpha value is -4.31. The maximum absolute atomic E-state index is 13.2. The van der Waals surface area contributed by atoms with E-state index in [4.69, 9.17) is 13.9 Å². The monoisotopic (exact) mass is 493 g/mol. The van der Waals surface area contributed by atoms with Gasteiger partial charge in [0.25, 0.3) is 15.9 Å². The number of hydrogen-bond acceptors (Lipinski definition) is 7. The van der Waals surface area contributed by atoms with E-state index in [1.165, 1.54) is 26.4 Å². The predicted molar refractivity (Wildman–Crippen MR) is 131 cm³/mol. The zero-order valence-corrected chi connectivity index (χ0v) is 20.0. The van der Waals surface area contributed by atoms with Gasteiger partial charge in [-0.05, 0) is 43.3 Å². The summed E-state index contributed by atoms with van der Waals surface area (Å²) in [5.74, 6) is 0.409. The van der Waals surface area contributed by atoms with Crippen LogP contribution in [-0.4, -0.2) is 28.5 Å². The summed E-state index contributed by atoms with van der Waals surface area (Å²) >= 11 is 0. The molecule has 10 heteroatoms. The summed E-state index contributed by atoms with van der Waals surface area (Å²) < 4.78 is 41.9. The molecule has 0 atom stereocenters. The lowest BCUT2D eigenvalue weighted by Gasteiger charge is -2.10. The summed E-state index contributed by atoms with van der Waals surface area (Å²) in [6.45, 7) is 1.85. The molecule has 4 aromatic rings. The fraction of sp³-hybridized carbons (Fsp3) is 0.120. The molecule has 0 spiro atoms. The first-order valence-electron chi connectivity index (χ1n) is 10.5. The van der Waals surface area contributed by atoms with Crippen molar-refractivity contribution in [3.05, 3.63) is 89.5 Å². The highest BCUT2D eigenvalue weighted by atomic mass is 32.2. The number of carbonyl (C=O) groups is 1. The molecule has 9 nitrogen and oxygen atoms in total. The van der Waals surface area contributed by atoms with Crippen LogP contribution in [0.1, 0.15) is 15.9 Å². The second-order valence-electron chi connectivity index (χ2n) is 7.55. The molecule has 0 aliphatic rings. The molecule has 0 bridgehead atoms. The van der Waals surface area contributed by atoms with Crippen molar-refractivity contribution in [3.8, 4) is 11.5 Å². The number of nitrogens with zero attached hydrogens (tertiary/aromatic N) is 1. The fourth-order valence-electron chi connectivity index (χ4n) is 3.30. The Kier molecular flexibility index (Phi) is 6.74. The molecule has 0 fully saturated rings. The molecule has 1 amide bonds. The summed E-state index contributed by atoms with van der Waals surface area (Å²) in [6.07, 6.45) is 0. The van der Waals surface area contributed by atoms with Crippen LogP contribution in [0, 0.1) is 6.92 Å². The fourth-order valence-corrected chi connectivity index (χ4v) is 4.10. The van der Waals surface area contributed by atoms with Crippen molar-refractivity contribution in [2.24, 2.45) is 5.10 Å². The van der Waals surface area contributed by atoms with Crippen LogP contribution in [0.2, 0.25) is 0 Å². The van der Waals surface area contributed by atoms with Crippen molar-refractivity contribution in [3.63, 3.8) is 0 Å². The number of hydrogen-bond donors (Lipinski definition) is 2. The van der Waals surface area contributed by atoms with Crippen LogP contribution < -0.4 is 25.2 Å². The van der Waals surface area contributed by atoms with E-state index >= 15 is 0 Å². The molecule has 35 heavy (non-hydrogen) atoms. The first-order valence-corrected chi connectivity index (χ1v) is 12.0. The number of ether oxygens (including phenoxy) is 2. The molecular weight excluding hydrogens is 470 g/mol. The van der Waals surface area contributed by atoms with Crippen LogP contribution >= 0.6 is 0 Å². The predicted octanol–water partition coefficient (Wildman–Crippen LogP) is 3.80. The van der Waals surface area contributed by atoms with Gasteiger partial charge >= 0.3 is 0 Å². The van der Waals surface area contributed by atoms with Gasteiger partial charge in [-0.15, -0.1) is 5.10 Å². The number of rotatable bonds is 7. The molecule has 3 aromatic carbocycles. The number of benzene rings is 3. The number of amides is 1. The van der Waals surface area contributed by atoms with Gasteiger partial charge < -0.3 is 19.2 Å². The van der Waals surface area contributed by atoms with E-state index in [9.17, 15) is 13.2 Å². The number of para-hydroxylation sites is 1. The minimum absolute atomic E-state index is 0.0141. The number of aryl methyl sites for hydroxylation is 1. The highest BCUT2D eigenvalue weighted by molar-refractivity contribution is 7.89. The zero-order chi connectivity index (χ0) is 25.0. The number of methoxy groups -OCH3 is 2. The normalized spacial score (nSPS) is 11.8. The minimum Gasteiger partial charge on any atom is -0.497 e. The lowest BCUT2D eigenvalue weighted by molar-refractivity contribution is 0.102. The number of fused-ring (bicyclic) bond motifs is 1. The average molecular weight is 494 g/mol. The summed E-state index contributed by atoms with van der Waals surface area (Å²) in [6, 6.07) is 19.8. The van der Waals surface area contributed by atoms with E-state index in [0.29, 0.717) is 28.2 Å². The molecule has 0 aliphatic carbocycles. The molecule has 4 rings (SSSR count). The van der Waals surface area contributed by atoms with Gasteiger partial charge in [0.1, 0.15) is 11.3 Å². The molecule has 0 saturated heterocycles. The topological polar surface area (TPSA) is 119 Å². The van der Waals surface area contributed by atoms with Crippen molar-refractivity contribution < 1.29 is 27.1 Å². The highest BCUT2D eigenvalue weighted by Gasteiger charge is 2.17. The van der Waals surface area contributed by atoms with E-state index in [1.807, 2.05) is 6.92 Å². The van der Waals surface area contributed by atoms with Crippen LogP contribution in [0.4, 0.5) is 5.69 Å². The van der Waals surface area contributed by atoms with Gasteiger partial charge in [0.2, 0.25) is 5.55 Å². The lowest BCUT2D eigenvalue weighted by atomic mass is 10.1. The van der Waals surface area contributed by atoms with E-state index in [0.717, 1.165) is 5.56 Å². The summed E-state index contributed by atoms with van der Waals surface area (Å²) in [5.41, 5.74) is 1.47. The van der Waals surface area contributed by atoms with E-state index in [2.05, 4.69) is 15.2 Å². The molecule has 1 aromatic heterocycles. The zero-order valence-electron chi connectivity index (χ0n) is 19.2. The summed E-state index contributed by atoms with van der Waals surface area (Å²) in [4.78, 5) is 15.4. The SMILES string of the molecule is COc1cccc(NC(=O)c2cc3cccc(OC)c3o/c2=N/NS(=O)(=O)c2ccc(C)cc2)c1. The molecule has 1 heterocycles.